The number of carbonyl (C=O) groups excluding carboxylic acids is 2. The fourth-order valence-electron chi connectivity index (χ4n) is 2.45. The van der Waals surface area contributed by atoms with Gasteiger partial charge in [-0.25, -0.2) is 4.98 Å². The zero-order valence-corrected chi connectivity index (χ0v) is 12.9. The Hall–Kier alpha value is -2.89. The van der Waals surface area contributed by atoms with Crippen molar-refractivity contribution in [2.45, 2.75) is 20.0 Å². The first-order valence-electron chi connectivity index (χ1n) is 7.35. The first kappa shape index (κ1) is 15.0. The first-order chi connectivity index (χ1) is 11.1. The maximum Gasteiger partial charge on any atom is 0.268 e. The Bertz CT molecular complexity index is 760. The summed E-state index contributed by atoms with van der Waals surface area (Å²) < 4.78 is 5.56. The Morgan fingerprint density at radius 1 is 1.30 bits per heavy atom. The van der Waals surface area contributed by atoms with Crippen LogP contribution in [0, 0.1) is 6.92 Å². The zero-order chi connectivity index (χ0) is 16.4. The Morgan fingerprint density at radius 2 is 2.09 bits per heavy atom. The lowest BCUT2D eigenvalue weighted by atomic mass is 10.2. The van der Waals surface area contributed by atoms with Gasteiger partial charge in [0.2, 0.25) is 5.91 Å². The van der Waals surface area contributed by atoms with E-state index in [1.807, 2.05) is 19.1 Å². The number of aromatic nitrogens is 1. The van der Waals surface area contributed by atoms with Gasteiger partial charge in [-0.15, -0.1) is 0 Å². The third-order valence-electron chi connectivity index (χ3n) is 3.64. The number of fused-ring (bicyclic) bond motifs is 1. The van der Waals surface area contributed by atoms with Crippen molar-refractivity contribution in [3.8, 4) is 5.75 Å². The molecule has 0 fully saturated rings. The van der Waals surface area contributed by atoms with E-state index in [1.54, 1.807) is 37.4 Å². The molecule has 0 radical (unpaired) electrons. The highest BCUT2D eigenvalue weighted by molar-refractivity contribution is 6.06. The summed E-state index contributed by atoms with van der Waals surface area (Å²) >= 11 is 0. The van der Waals surface area contributed by atoms with E-state index >= 15 is 0 Å². The highest BCUT2D eigenvalue weighted by Gasteiger charge is 2.32. The van der Waals surface area contributed by atoms with E-state index in [4.69, 9.17) is 4.74 Å². The highest BCUT2D eigenvalue weighted by Crippen LogP contribution is 2.33. The SMILES string of the molecule is Cc1cccnc1NC(=O)CN1C(=O)C(C)Oc2ccccc21. The van der Waals surface area contributed by atoms with Crippen LogP contribution < -0.4 is 15.0 Å². The summed E-state index contributed by atoms with van der Waals surface area (Å²) in [6.07, 6.45) is 0.995. The van der Waals surface area contributed by atoms with Crippen LogP contribution in [0.5, 0.6) is 5.75 Å². The van der Waals surface area contributed by atoms with Crippen molar-refractivity contribution in [2.24, 2.45) is 0 Å². The van der Waals surface area contributed by atoms with Crippen LogP contribution >= 0.6 is 0 Å². The smallest absolute Gasteiger partial charge is 0.268 e. The minimum Gasteiger partial charge on any atom is -0.479 e. The molecule has 2 aromatic rings. The van der Waals surface area contributed by atoms with E-state index in [9.17, 15) is 9.59 Å². The van der Waals surface area contributed by atoms with Crippen molar-refractivity contribution in [1.82, 2.24) is 4.98 Å². The molecular weight excluding hydrogens is 294 g/mol. The Labute approximate surface area is 134 Å². The highest BCUT2D eigenvalue weighted by atomic mass is 16.5. The summed E-state index contributed by atoms with van der Waals surface area (Å²) in [4.78, 5) is 30.2. The quantitative estimate of drug-likeness (QED) is 0.942. The number of rotatable bonds is 3. The molecule has 3 rings (SSSR count). The van der Waals surface area contributed by atoms with E-state index in [-0.39, 0.29) is 18.4 Å². The number of aryl methyl sites for hydroxylation is 1. The molecule has 1 aliphatic rings. The van der Waals surface area contributed by atoms with Crippen LogP contribution in [0.1, 0.15) is 12.5 Å². The third kappa shape index (κ3) is 3.01. The van der Waals surface area contributed by atoms with Gasteiger partial charge in [0.1, 0.15) is 18.1 Å². The minimum atomic E-state index is -0.616. The molecule has 1 N–H and O–H groups in total. The number of para-hydroxylation sites is 2. The number of anilines is 2. The van der Waals surface area contributed by atoms with Crippen molar-refractivity contribution < 1.29 is 14.3 Å². The second kappa shape index (κ2) is 6.08. The van der Waals surface area contributed by atoms with E-state index in [1.165, 1.54) is 4.90 Å². The van der Waals surface area contributed by atoms with Crippen molar-refractivity contribution in [3.05, 3.63) is 48.2 Å². The number of hydrogen-bond acceptors (Lipinski definition) is 4. The lowest BCUT2D eigenvalue weighted by Gasteiger charge is -2.32. The number of carbonyl (C=O) groups is 2. The lowest BCUT2D eigenvalue weighted by molar-refractivity contribution is -0.127. The number of hydrogen-bond donors (Lipinski definition) is 1. The number of nitrogens with zero attached hydrogens (tertiary/aromatic N) is 2. The monoisotopic (exact) mass is 311 g/mol. The van der Waals surface area contributed by atoms with Crippen LogP contribution in [0.4, 0.5) is 11.5 Å². The molecule has 1 aromatic carbocycles. The van der Waals surface area contributed by atoms with Gasteiger partial charge in [0.25, 0.3) is 5.91 Å². The Balaban J connectivity index is 1.80. The number of benzene rings is 1. The average Bonchev–Trinajstić information content (AvgIpc) is 2.54. The van der Waals surface area contributed by atoms with Gasteiger partial charge in [-0.3, -0.25) is 14.5 Å². The first-order valence-corrected chi connectivity index (χ1v) is 7.35. The second-order valence-electron chi connectivity index (χ2n) is 5.37. The van der Waals surface area contributed by atoms with Crippen LogP contribution in [0.2, 0.25) is 0 Å². The molecule has 0 bridgehead atoms. The van der Waals surface area contributed by atoms with Gasteiger partial charge in [-0.2, -0.15) is 0 Å². The molecule has 1 atom stereocenters. The zero-order valence-electron chi connectivity index (χ0n) is 12.9. The minimum absolute atomic E-state index is 0.0838. The maximum atomic E-state index is 12.3. The number of nitrogens with one attached hydrogen (secondary N) is 1. The van der Waals surface area contributed by atoms with Crippen molar-refractivity contribution in [1.29, 1.82) is 0 Å². The molecule has 6 nitrogen and oxygen atoms in total. The molecule has 0 saturated carbocycles. The Morgan fingerprint density at radius 3 is 2.87 bits per heavy atom. The van der Waals surface area contributed by atoms with Crippen molar-refractivity contribution >= 4 is 23.3 Å². The van der Waals surface area contributed by atoms with Crippen LogP contribution in [-0.4, -0.2) is 29.4 Å². The second-order valence-corrected chi connectivity index (χ2v) is 5.37. The largest absolute Gasteiger partial charge is 0.479 e. The van der Waals surface area contributed by atoms with Crippen LogP contribution in [-0.2, 0) is 9.59 Å². The normalized spacial score (nSPS) is 16.5. The molecule has 2 amide bonds. The summed E-state index contributed by atoms with van der Waals surface area (Å²) in [6, 6.07) is 10.8. The number of pyridine rings is 1. The molecule has 0 spiro atoms. The van der Waals surface area contributed by atoms with Gasteiger partial charge in [0, 0.05) is 6.20 Å². The van der Waals surface area contributed by atoms with Gasteiger partial charge in [-0.05, 0) is 37.6 Å². The Kier molecular flexibility index (Phi) is 3.97. The van der Waals surface area contributed by atoms with E-state index < -0.39 is 6.10 Å². The molecule has 6 heteroatoms. The molecule has 1 aliphatic heterocycles. The fraction of sp³-hybridized carbons (Fsp3) is 0.235. The number of ether oxygens (including phenoxy) is 1. The fourth-order valence-corrected chi connectivity index (χ4v) is 2.45. The topological polar surface area (TPSA) is 71.5 Å². The van der Waals surface area contributed by atoms with Crippen LogP contribution in [0.25, 0.3) is 0 Å². The van der Waals surface area contributed by atoms with E-state index in [0.29, 0.717) is 17.3 Å². The van der Waals surface area contributed by atoms with Crippen molar-refractivity contribution in [3.63, 3.8) is 0 Å². The van der Waals surface area contributed by atoms with E-state index in [2.05, 4.69) is 10.3 Å². The third-order valence-corrected chi connectivity index (χ3v) is 3.64. The maximum absolute atomic E-state index is 12.3. The summed E-state index contributed by atoms with van der Waals surface area (Å²) in [7, 11) is 0. The number of amides is 2. The lowest BCUT2D eigenvalue weighted by Crippen LogP contribution is -2.47. The molecule has 2 heterocycles. The van der Waals surface area contributed by atoms with Crippen molar-refractivity contribution in [2.75, 3.05) is 16.8 Å². The van der Waals surface area contributed by atoms with Crippen LogP contribution in [0.15, 0.2) is 42.6 Å². The molecular formula is C17H17N3O3. The van der Waals surface area contributed by atoms with Crippen LogP contribution in [0.3, 0.4) is 0 Å². The van der Waals surface area contributed by atoms with Gasteiger partial charge < -0.3 is 10.1 Å². The standard InChI is InChI=1S/C17H17N3O3/c1-11-6-5-9-18-16(11)19-15(21)10-20-13-7-3-4-8-14(13)23-12(2)17(20)22/h3-9,12H,10H2,1-2H3,(H,18,19,21). The predicted octanol–water partition coefficient (Wildman–Crippen LogP) is 2.14. The summed E-state index contributed by atoms with van der Waals surface area (Å²) in [5, 5.41) is 2.74. The molecule has 23 heavy (non-hydrogen) atoms. The molecule has 1 unspecified atom stereocenters. The van der Waals surface area contributed by atoms with Gasteiger partial charge in [0.15, 0.2) is 6.10 Å². The molecule has 1 aromatic heterocycles. The van der Waals surface area contributed by atoms with Gasteiger partial charge in [0.05, 0.1) is 5.69 Å². The average molecular weight is 311 g/mol. The molecule has 118 valence electrons. The molecule has 0 aliphatic carbocycles. The summed E-state index contributed by atoms with van der Waals surface area (Å²) in [5.74, 6) is 0.557. The van der Waals surface area contributed by atoms with Gasteiger partial charge >= 0.3 is 0 Å². The summed E-state index contributed by atoms with van der Waals surface area (Å²) in [6.45, 7) is 3.45. The molecule has 0 saturated heterocycles. The predicted molar refractivity (Wildman–Crippen MR) is 86.5 cm³/mol. The van der Waals surface area contributed by atoms with E-state index in [0.717, 1.165) is 5.56 Å². The summed E-state index contributed by atoms with van der Waals surface area (Å²) in [5.41, 5.74) is 1.46. The van der Waals surface area contributed by atoms with Gasteiger partial charge in [-0.1, -0.05) is 18.2 Å².